The lowest BCUT2D eigenvalue weighted by Gasteiger charge is -2.71. The molecule has 50 heavy (non-hydrogen) atoms. The third-order valence-corrected chi connectivity index (χ3v) is 15.3. The molecule has 6 aliphatic rings. The third kappa shape index (κ3) is 6.58. The number of nitrogens with one attached hydrogen (secondary N) is 1. The minimum atomic E-state index is -2.47. The van der Waals surface area contributed by atoms with E-state index in [9.17, 15) is 28.0 Å². The summed E-state index contributed by atoms with van der Waals surface area (Å²) in [6, 6.07) is 0. The van der Waals surface area contributed by atoms with E-state index >= 15 is 0 Å². The minimum absolute atomic E-state index is 0.0107. The zero-order valence-corrected chi connectivity index (χ0v) is 32.2. The van der Waals surface area contributed by atoms with E-state index in [1.54, 1.807) is 0 Å². The van der Waals surface area contributed by atoms with Crippen LogP contribution in [-0.2, 0) is 29.0 Å². The van der Waals surface area contributed by atoms with Crippen molar-refractivity contribution in [1.82, 2.24) is 5.32 Å². The van der Waals surface area contributed by atoms with E-state index < -0.39 is 23.3 Å². The van der Waals surface area contributed by atoms with Crippen LogP contribution in [0.15, 0.2) is 11.1 Å². The van der Waals surface area contributed by atoms with Crippen molar-refractivity contribution in [3.8, 4) is 0 Å². The average molecular weight is 704 g/mol. The molecule has 0 aromatic heterocycles. The van der Waals surface area contributed by atoms with Crippen molar-refractivity contribution >= 4 is 23.6 Å². The Morgan fingerprint density at radius 3 is 2.06 bits per heavy atom. The van der Waals surface area contributed by atoms with Gasteiger partial charge in [-0.2, -0.15) is 0 Å². The molecule has 0 unspecified atom stereocenters. The molecule has 0 spiro atoms. The van der Waals surface area contributed by atoms with Crippen LogP contribution in [-0.4, -0.2) is 36.1 Å². The predicted molar refractivity (Wildman–Crippen MR) is 187 cm³/mol. The second kappa shape index (κ2) is 13.6. The summed E-state index contributed by atoms with van der Waals surface area (Å²) in [7, 11) is 0. The Labute approximate surface area is 298 Å². The number of allylic oxidation sites excluding steroid dienone is 1. The van der Waals surface area contributed by atoms with Crippen LogP contribution < -0.4 is 5.32 Å². The number of amides is 1. The van der Waals surface area contributed by atoms with Gasteiger partial charge in [-0.25, -0.2) is 28.1 Å². The van der Waals surface area contributed by atoms with Gasteiger partial charge < -0.3 is 5.32 Å². The van der Waals surface area contributed by atoms with Gasteiger partial charge in [0.1, 0.15) is 5.41 Å². The number of carbonyl (C=O) groups is 4. The van der Waals surface area contributed by atoms with Gasteiger partial charge in [0.2, 0.25) is 11.8 Å². The van der Waals surface area contributed by atoms with Gasteiger partial charge in [-0.15, -0.1) is 0 Å². The summed E-state index contributed by atoms with van der Waals surface area (Å²) < 4.78 is 25.4. The minimum Gasteiger partial charge on any atom is -0.356 e. The number of Topliss-reactive ketones (excluding diaryl/α,β-unsaturated/α-hetero) is 1. The van der Waals surface area contributed by atoms with Crippen LogP contribution in [0.1, 0.15) is 152 Å². The van der Waals surface area contributed by atoms with Crippen molar-refractivity contribution in [3.05, 3.63) is 11.1 Å². The van der Waals surface area contributed by atoms with Crippen molar-refractivity contribution in [3.63, 3.8) is 0 Å². The molecule has 9 heteroatoms. The third-order valence-electron chi connectivity index (χ3n) is 15.3. The fourth-order valence-corrected chi connectivity index (χ4v) is 12.7. The molecule has 0 aromatic carbocycles. The molecule has 1 amide bonds. The molecule has 0 aromatic rings. The van der Waals surface area contributed by atoms with E-state index in [4.69, 9.17) is 9.78 Å². The number of carbonyl (C=O) groups excluding carboxylic acids is 4. The van der Waals surface area contributed by atoms with Gasteiger partial charge in [0.15, 0.2) is 5.78 Å². The van der Waals surface area contributed by atoms with E-state index in [0.29, 0.717) is 42.6 Å². The smallest absolute Gasteiger partial charge is 0.356 e. The SMILES string of the molecule is CC(=O)NCC1CCC(F)(F)CC1.CC(=O)OOC(=O)[C@@]12CC[C@]3(C)[C@H](CC[C@@H]4[C@@]5(C)CCCC(C)(C)[C@@H]5CC[C@]43C)C1=C(C(C)C)C(=O)C2. The largest absolute Gasteiger partial charge is 0.366 e. The molecular weight excluding hydrogens is 640 g/mol. The number of fused-ring (bicyclic) bond motifs is 7. The van der Waals surface area contributed by atoms with Gasteiger partial charge in [0.25, 0.3) is 0 Å². The highest BCUT2D eigenvalue weighted by atomic mass is 19.3. The molecule has 282 valence electrons. The van der Waals surface area contributed by atoms with Gasteiger partial charge in [-0.05, 0) is 127 Å². The first-order chi connectivity index (χ1) is 23.1. The fraction of sp³-hybridized carbons (Fsp3) is 0.854. The summed E-state index contributed by atoms with van der Waals surface area (Å²) in [6.45, 7) is 20.0. The molecule has 0 bridgehead atoms. The monoisotopic (exact) mass is 703 g/mol. The van der Waals surface area contributed by atoms with E-state index in [1.807, 2.05) is 0 Å². The molecule has 7 atom stereocenters. The first kappa shape index (κ1) is 38.9. The molecule has 0 heterocycles. The number of hydrogen-bond acceptors (Lipinski definition) is 6. The number of halogens is 2. The molecule has 0 saturated heterocycles. The molecule has 6 aliphatic carbocycles. The van der Waals surface area contributed by atoms with E-state index in [2.05, 4.69) is 53.8 Å². The Morgan fingerprint density at radius 2 is 1.46 bits per heavy atom. The van der Waals surface area contributed by atoms with Crippen LogP contribution in [0.2, 0.25) is 0 Å². The van der Waals surface area contributed by atoms with Gasteiger partial charge in [-0.3, -0.25) is 9.59 Å². The Hall–Kier alpha value is -2.32. The van der Waals surface area contributed by atoms with Crippen molar-refractivity contribution in [2.75, 3.05) is 6.54 Å². The van der Waals surface area contributed by atoms with Crippen LogP contribution >= 0.6 is 0 Å². The standard InChI is InChI=1S/C32H48O5.C9H15F2NO/c1-19(2)25-22(34)18-32(27(35)37-36-20(3)33)17-16-30(7)21(26(25)32)10-11-24-29(6)14-9-13-28(4,5)23(29)12-15-31(24,30)8;1-7(13)12-6-8-2-4-9(10,11)5-3-8/h19,21,23-24H,9-18H2,1-8H3;8H,2-6H2,1H3,(H,12,13)/t21-,23+,24-,29+,30-,31-,32-;/m1./s1. The van der Waals surface area contributed by atoms with E-state index in [-0.39, 0.29) is 59.5 Å². The topological polar surface area (TPSA) is 98.8 Å². The fourth-order valence-electron chi connectivity index (χ4n) is 12.7. The highest BCUT2D eigenvalue weighted by Gasteiger charge is 2.70. The Balaban J connectivity index is 0.000000315. The molecule has 5 saturated carbocycles. The Kier molecular flexibility index (Phi) is 10.6. The Morgan fingerprint density at radius 1 is 0.800 bits per heavy atom. The first-order valence-electron chi connectivity index (χ1n) is 19.4. The van der Waals surface area contributed by atoms with Crippen molar-refractivity contribution < 1.29 is 37.7 Å². The van der Waals surface area contributed by atoms with Crippen LogP contribution in [0.3, 0.4) is 0 Å². The van der Waals surface area contributed by atoms with Gasteiger partial charge in [-0.1, -0.05) is 54.9 Å². The lowest BCUT2D eigenvalue weighted by Crippen LogP contribution is -2.64. The molecule has 5 fully saturated rings. The molecule has 0 radical (unpaired) electrons. The normalized spacial score (nSPS) is 38.8. The highest BCUT2D eigenvalue weighted by Crippen LogP contribution is 2.76. The number of hydrogen-bond donors (Lipinski definition) is 1. The summed E-state index contributed by atoms with van der Waals surface area (Å²) in [4.78, 5) is 58.9. The quantitative estimate of drug-likeness (QED) is 0.232. The molecule has 6 rings (SSSR count). The van der Waals surface area contributed by atoms with Crippen LogP contribution in [0.5, 0.6) is 0 Å². The zero-order chi connectivity index (χ0) is 37.1. The predicted octanol–water partition coefficient (Wildman–Crippen LogP) is 9.33. The number of alkyl halides is 2. The first-order valence-corrected chi connectivity index (χ1v) is 19.4. The molecule has 0 aliphatic heterocycles. The summed E-state index contributed by atoms with van der Waals surface area (Å²) in [5, 5.41) is 2.66. The lowest BCUT2D eigenvalue weighted by molar-refractivity contribution is -0.267. The molecular formula is C41H63F2NO6. The van der Waals surface area contributed by atoms with Crippen LogP contribution in [0.4, 0.5) is 8.78 Å². The zero-order valence-electron chi connectivity index (χ0n) is 32.2. The van der Waals surface area contributed by atoms with Crippen molar-refractivity contribution in [2.24, 2.45) is 56.7 Å². The summed E-state index contributed by atoms with van der Waals surface area (Å²) in [6.07, 6.45) is 11.2. The Bertz CT molecular complexity index is 1390. The number of ketones is 1. The second-order valence-corrected chi connectivity index (χ2v) is 18.8. The van der Waals surface area contributed by atoms with Crippen molar-refractivity contribution in [1.29, 1.82) is 0 Å². The van der Waals surface area contributed by atoms with Crippen LogP contribution in [0.25, 0.3) is 0 Å². The maximum atomic E-state index is 13.6. The summed E-state index contributed by atoms with van der Waals surface area (Å²) in [5.41, 5.74) is 1.78. The van der Waals surface area contributed by atoms with Gasteiger partial charge >= 0.3 is 11.9 Å². The summed E-state index contributed by atoms with van der Waals surface area (Å²) >= 11 is 0. The van der Waals surface area contributed by atoms with Crippen LogP contribution in [0, 0.1) is 56.7 Å². The number of rotatable bonds is 4. The summed E-state index contributed by atoms with van der Waals surface area (Å²) in [5.74, 6) is -1.82. The maximum absolute atomic E-state index is 13.6. The average Bonchev–Trinajstić information content (AvgIpc) is 3.32. The highest BCUT2D eigenvalue weighted by molar-refractivity contribution is 6.06. The molecule has 7 nitrogen and oxygen atoms in total. The van der Waals surface area contributed by atoms with Crippen molar-refractivity contribution in [2.45, 2.75) is 158 Å². The van der Waals surface area contributed by atoms with E-state index in [0.717, 1.165) is 36.3 Å². The second-order valence-electron chi connectivity index (χ2n) is 18.8. The van der Waals surface area contributed by atoms with Gasteiger partial charge in [0.05, 0.1) is 0 Å². The maximum Gasteiger partial charge on any atom is 0.366 e. The van der Waals surface area contributed by atoms with E-state index in [1.165, 1.54) is 46.0 Å². The van der Waals surface area contributed by atoms with Gasteiger partial charge in [0, 0.05) is 39.7 Å². The lowest BCUT2D eigenvalue weighted by atomic mass is 9.33. The molecule has 1 N–H and O–H groups in total.